The van der Waals surface area contributed by atoms with Crippen LogP contribution in [0.1, 0.15) is 12.8 Å². The van der Waals surface area contributed by atoms with Gasteiger partial charge in [0, 0.05) is 18.2 Å². The maximum atomic E-state index is 12.6. The van der Waals surface area contributed by atoms with Crippen molar-refractivity contribution in [2.75, 3.05) is 18.5 Å². The van der Waals surface area contributed by atoms with Gasteiger partial charge >= 0.3 is 0 Å². The molecule has 0 aromatic heterocycles. The molecule has 6 nitrogen and oxygen atoms in total. The molecule has 2 rings (SSSR count). The molecule has 1 aliphatic heterocycles. The minimum absolute atomic E-state index is 0.131. The number of ether oxygens (including phenoxy) is 1. The standard InChI is InChI=1S/C13H15Cl2N3O3/c14-8-1-2-10(9(15)7-8)17-12(19)13(11(16)18-20)3-5-21-6-4-13/h1-2,7,20H,3-6H2,(H2,16,18)(H,17,19). The monoisotopic (exact) mass is 331 g/mol. The number of nitrogens with two attached hydrogens (primary N) is 1. The van der Waals surface area contributed by atoms with E-state index in [0.717, 1.165) is 0 Å². The van der Waals surface area contributed by atoms with Gasteiger partial charge in [-0.2, -0.15) is 0 Å². The zero-order valence-electron chi connectivity index (χ0n) is 11.1. The number of carbonyl (C=O) groups excluding carboxylic acids is 1. The third-order valence-electron chi connectivity index (χ3n) is 3.56. The van der Waals surface area contributed by atoms with Crippen molar-refractivity contribution in [3.63, 3.8) is 0 Å². The first kappa shape index (κ1) is 15.9. The molecule has 1 amide bonds. The van der Waals surface area contributed by atoms with Crippen LogP contribution < -0.4 is 11.1 Å². The van der Waals surface area contributed by atoms with Crippen LogP contribution in [-0.2, 0) is 9.53 Å². The molecule has 1 aromatic rings. The summed E-state index contributed by atoms with van der Waals surface area (Å²) < 4.78 is 5.24. The van der Waals surface area contributed by atoms with Crippen LogP contribution in [0.5, 0.6) is 0 Å². The SMILES string of the molecule is NC(=NO)C1(C(=O)Nc2ccc(Cl)cc2Cl)CCOCC1. The van der Waals surface area contributed by atoms with E-state index in [1.54, 1.807) is 12.1 Å². The van der Waals surface area contributed by atoms with Gasteiger partial charge in [-0.25, -0.2) is 0 Å². The molecule has 1 heterocycles. The number of benzene rings is 1. The molecule has 1 aliphatic rings. The molecule has 1 saturated heterocycles. The van der Waals surface area contributed by atoms with Crippen molar-refractivity contribution < 1.29 is 14.7 Å². The molecule has 21 heavy (non-hydrogen) atoms. The van der Waals surface area contributed by atoms with Crippen LogP contribution in [-0.4, -0.2) is 30.2 Å². The number of rotatable bonds is 3. The van der Waals surface area contributed by atoms with Gasteiger partial charge in [-0.05, 0) is 31.0 Å². The summed E-state index contributed by atoms with van der Waals surface area (Å²) in [6, 6.07) is 4.74. The first-order valence-corrected chi connectivity index (χ1v) is 7.07. The molecule has 114 valence electrons. The highest BCUT2D eigenvalue weighted by Gasteiger charge is 2.44. The number of anilines is 1. The Morgan fingerprint density at radius 2 is 2.05 bits per heavy atom. The van der Waals surface area contributed by atoms with E-state index in [2.05, 4.69) is 10.5 Å². The minimum Gasteiger partial charge on any atom is -0.409 e. The maximum absolute atomic E-state index is 12.6. The molecule has 0 bridgehead atoms. The largest absolute Gasteiger partial charge is 0.409 e. The summed E-state index contributed by atoms with van der Waals surface area (Å²) in [6.07, 6.45) is 0.667. The number of carbonyl (C=O) groups is 1. The second kappa shape index (κ2) is 6.51. The second-order valence-corrected chi connectivity index (χ2v) is 5.60. The molecule has 0 saturated carbocycles. The number of nitrogens with one attached hydrogen (secondary N) is 1. The van der Waals surface area contributed by atoms with Gasteiger partial charge in [0.25, 0.3) is 0 Å². The topological polar surface area (TPSA) is 96.9 Å². The van der Waals surface area contributed by atoms with E-state index >= 15 is 0 Å². The molecule has 8 heteroatoms. The van der Waals surface area contributed by atoms with Crippen molar-refractivity contribution in [2.45, 2.75) is 12.8 Å². The van der Waals surface area contributed by atoms with E-state index in [-0.39, 0.29) is 11.7 Å². The highest BCUT2D eigenvalue weighted by atomic mass is 35.5. The molecule has 0 unspecified atom stereocenters. The van der Waals surface area contributed by atoms with E-state index in [4.69, 9.17) is 38.9 Å². The Bertz CT molecular complexity index is 572. The third-order valence-corrected chi connectivity index (χ3v) is 4.11. The molecular weight excluding hydrogens is 317 g/mol. The zero-order chi connectivity index (χ0) is 15.5. The summed E-state index contributed by atoms with van der Waals surface area (Å²) in [6.45, 7) is 0.718. The zero-order valence-corrected chi connectivity index (χ0v) is 12.6. The highest BCUT2D eigenvalue weighted by Crippen LogP contribution is 2.34. The Balaban J connectivity index is 2.27. The summed E-state index contributed by atoms with van der Waals surface area (Å²) >= 11 is 11.9. The molecule has 0 aliphatic carbocycles. The van der Waals surface area contributed by atoms with Gasteiger partial charge in [-0.1, -0.05) is 28.4 Å². The van der Waals surface area contributed by atoms with Crippen LogP contribution >= 0.6 is 23.2 Å². The van der Waals surface area contributed by atoms with Gasteiger partial charge in [-0.15, -0.1) is 0 Å². The Labute approximate surface area is 131 Å². The maximum Gasteiger partial charge on any atom is 0.238 e. The lowest BCUT2D eigenvalue weighted by Crippen LogP contribution is -2.50. The molecular formula is C13H15Cl2N3O3. The first-order valence-electron chi connectivity index (χ1n) is 6.32. The van der Waals surface area contributed by atoms with Gasteiger partial charge in [0.15, 0.2) is 5.84 Å². The van der Waals surface area contributed by atoms with Crippen molar-refractivity contribution in [1.29, 1.82) is 0 Å². The summed E-state index contributed by atoms with van der Waals surface area (Å²) in [4.78, 5) is 12.6. The van der Waals surface area contributed by atoms with E-state index in [0.29, 0.717) is 41.8 Å². The number of hydrogen-bond acceptors (Lipinski definition) is 4. The lowest BCUT2D eigenvalue weighted by atomic mass is 9.78. The summed E-state index contributed by atoms with van der Waals surface area (Å²) in [5.41, 5.74) is 5.05. The van der Waals surface area contributed by atoms with Crippen molar-refractivity contribution in [3.8, 4) is 0 Å². The van der Waals surface area contributed by atoms with Crippen molar-refractivity contribution in [1.82, 2.24) is 0 Å². The number of oxime groups is 1. The predicted octanol–water partition coefficient (Wildman–Crippen LogP) is 2.48. The van der Waals surface area contributed by atoms with Crippen LogP contribution in [0.3, 0.4) is 0 Å². The number of hydrogen-bond donors (Lipinski definition) is 3. The predicted molar refractivity (Wildman–Crippen MR) is 81.0 cm³/mol. The Hall–Kier alpha value is -1.50. The van der Waals surface area contributed by atoms with Gasteiger partial charge in [0.2, 0.25) is 5.91 Å². The highest BCUT2D eigenvalue weighted by molar-refractivity contribution is 6.36. The first-order chi connectivity index (χ1) is 9.99. The number of amides is 1. The summed E-state index contributed by atoms with van der Waals surface area (Å²) in [5.74, 6) is -0.515. The molecule has 0 spiro atoms. The smallest absolute Gasteiger partial charge is 0.238 e. The normalized spacial score (nSPS) is 18.3. The van der Waals surface area contributed by atoms with Crippen molar-refractivity contribution >= 4 is 40.6 Å². The fourth-order valence-electron chi connectivity index (χ4n) is 2.25. The fourth-order valence-corrected chi connectivity index (χ4v) is 2.70. The Morgan fingerprint density at radius 1 is 1.38 bits per heavy atom. The van der Waals surface area contributed by atoms with Gasteiger partial charge in [0.1, 0.15) is 5.41 Å². The summed E-state index contributed by atoms with van der Waals surface area (Å²) in [5, 5.41) is 15.5. The molecule has 1 aromatic carbocycles. The van der Waals surface area contributed by atoms with Crippen LogP contribution in [0.2, 0.25) is 10.0 Å². The lowest BCUT2D eigenvalue weighted by molar-refractivity contribution is -0.126. The van der Waals surface area contributed by atoms with Gasteiger partial charge in [0.05, 0.1) is 10.7 Å². The van der Waals surface area contributed by atoms with Gasteiger partial charge in [-0.3, -0.25) is 4.79 Å². The van der Waals surface area contributed by atoms with E-state index in [1.165, 1.54) is 6.07 Å². The quantitative estimate of drug-likeness (QED) is 0.343. The van der Waals surface area contributed by atoms with Crippen LogP contribution in [0.15, 0.2) is 23.4 Å². The molecule has 0 radical (unpaired) electrons. The average molecular weight is 332 g/mol. The average Bonchev–Trinajstić information content (AvgIpc) is 2.49. The van der Waals surface area contributed by atoms with Crippen LogP contribution in [0.25, 0.3) is 0 Å². The lowest BCUT2D eigenvalue weighted by Gasteiger charge is -2.34. The van der Waals surface area contributed by atoms with Crippen molar-refractivity contribution in [3.05, 3.63) is 28.2 Å². The number of amidine groups is 1. The Kier molecular flexibility index (Phi) is 4.92. The van der Waals surface area contributed by atoms with E-state index < -0.39 is 5.41 Å². The number of halogens is 2. The van der Waals surface area contributed by atoms with E-state index in [1.807, 2.05) is 0 Å². The third kappa shape index (κ3) is 3.23. The molecule has 1 fully saturated rings. The van der Waals surface area contributed by atoms with Crippen LogP contribution in [0.4, 0.5) is 5.69 Å². The summed E-state index contributed by atoms with van der Waals surface area (Å²) in [7, 11) is 0. The minimum atomic E-state index is -1.10. The van der Waals surface area contributed by atoms with Crippen molar-refractivity contribution in [2.24, 2.45) is 16.3 Å². The second-order valence-electron chi connectivity index (χ2n) is 4.76. The van der Waals surface area contributed by atoms with Gasteiger partial charge < -0.3 is 21.0 Å². The van der Waals surface area contributed by atoms with Crippen LogP contribution in [0, 0.1) is 5.41 Å². The fraction of sp³-hybridized carbons (Fsp3) is 0.385. The Morgan fingerprint density at radius 3 is 2.62 bits per heavy atom. The number of nitrogens with zero attached hydrogens (tertiary/aromatic N) is 1. The molecule has 4 N–H and O–H groups in total. The van der Waals surface area contributed by atoms with E-state index in [9.17, 15) is 4.79 Å². The molecule has 0 atom stereocenters.